The molecule has 0 unspecified atom stereocenters. The SMILES string of the molecule is COc1ccc(Cn2ncc3cc(Sc4ccc(F)cc4)cnc32)cc1. The van der Waals surface area contributed by atoms with Crippen LogP contribution in [0.1, 0.15) is 5.56 Å². The van der Waals surface area contributed by atoms with Crippen molar-refractivity contribution in [1.82, 2.24) is 14.8 Å². The predicted molar refractivity (Wildman–Crippen MR) is 100 cm³/mol. The van der Waals surface area contributed by atoms with Crippen LogP contribution in [0.5, 0.6) is 5.75 Å². The van der Waals surface area contributed by atoms with Crippen molar-refractivity contribution < 1.29 is 9.13 Å². The van der Waals surface area contributed by atoms with Gasteiger partial charge in [-0.3, -0.25) is 0 Å². The van der Waals surface area contributed by atoms with Crippen molar-refractivity contribution >= 4 is 22.8 Å². The first-order chi connectivity index (χ1) is 12.7. The second-order valence-electron chi connectivity index (χ2n) is 5.79. The molecule has 130 valence electrons. The highest BCUT2D eigenvalue weighted by Gasteiger charge is 2.07. The lowest BCUT2D eigenvalue weighted by Crippen LogP contribution is -2.02. The fourth-order valence-electron chi connectivity index (χ4n) is 2.67. The molecule has 0 saturated heterocycles. The second-order valence-corrected chi connectivity index (χ2v) is 6.94. The lowest BCUT2D eigenvalue weighted by atomic mass is 10.2. The fourth-order valence-corrected chi connectivity index (χ4v) is 3.50. The van der Waals surface area contributed by atoms with Crippen molar-refractivity contribution in [1.29, 1.82) is 0 Å². The van der Waals surface area contributed by atoms with Gasteiger partial charge in [-0.1, -0.05) is 23.9 Å². The first kappa shape index (κ1) is 16.6. The number of ether oxygens (including phenoxy) is 1. The van der Waals surface area contributed by atoms with Crippen molar-refractivity contribution in [2.24, 2.45) is 0 Å². The lowest BCUT2D eigenvalue weighted by Gasteiger charge is -2.06. The molecule has 2 heterocycles. The van der Waals surface area contributed by atoms with E-state index in [0.717, 1.165) is 32.1 Å². The van der Waals surface area contributed by atoms with E-state index in [1.165, 1.54) is 12.1 Å². The van der Waals surface area contributed by atoms with Gasteiger partial charge in [-0.2, -0.15) is 5.10 Å². The van der Waals surface area contributed by atoms with E-state index < -0.39 is 0 Å². The average Bonchev–Trinajstić information content (AvgIpc) is 3.06. The fraction of sp³-hybridized carbons (Fsp3) is 0.100. The molecule has 0 atom stereocenters. The van der Waals surface area contributed by atoms with Crippen LogP contribution in [0.4, 0.5) is 4.39 Å². The van der Waals surface area contributed by atoms with E-state index in [-0.39, 0.29) is 5.82 Å². The topological polar surface area (TPSA) is 39.9 Å². The minimum atomic E-state index is -0.234. The van der Waals surface area contributed by atoms with Crippen molar-refractivity contribution in [3.63, 3.8) is 0 Å². The van der Waals surface area contributed by atoms with E-state index in [1.807, 2.05) is 47.4 Å². The molecule has 0 radical (unpaired) electrons. The summed E-state index contributed by atoms with van der Waals surface area (Å²) >= 11 is 1.55. The number of hydrogen-bond acceptors (Lipinski definition) is 4. The molecule has 0 aliphatic heterocycles. The van der Waals surface area contributed by atoms with Crippen LogP contribution in [0.15, 0.2) is 76.8 Å². The van der Waals surface area contributed by atoms with Crippen molar-refractivity contribution in [3.05, 3.63) is 78.4 Å². The Bertz CT molecular complexity index is 1030. The zero-order chi connectivity index (χ0) is 17.9. The molecule has 0 N–H and O–H groups in total. The zero-order valence-electron chi connectivity index (χ0n) is 14.1. The van der Waals surface area contributed by atoms with Gasteiger partial charge in [-0.25, -0.2) is 14.1 Å². The van der Waals surface area contributed by atoms with E-state index in [0.29, 0.717) is 6.54 Å². The van der Waals surface area contributed by atoms with Crippen LogP contribution < -0.4 is 4.74 Å². The van der Waals surface area contributed by atoms with Gasteiger partial charge in [0, 0.05) is 21.4 Å². The summed E-state index contributed by atoms with van der Waals surface area (Å²) in [5, 5.41) is 5.43. The summed E-state index contributed by atoms with van der Waals surface area (Å²) in [7, 11) is 1.65. The third-order valence-corrected chi connectivity index (χ3v) is 4.96. The van der Waals surface area contributed by atoms with Crippen LogP contribution in [0.3, 0.4) is 0 Å². The molecule has 0 bridgehead atoms. The van der Waals surface area contributed by atoms with E-state index in [9.17, 15) is 4.39 Å². The van der Waals surface area contributed by atoms with Crippen molar-refractivity contribution in [2.45, 2.75) is 16.3 Å². The van der Waals surface area contributed by atoms with Gasteiger partial charge in [-0.15, -0.1) is 0 Å². The molecule has 4 nitrogen and oxygen atoms in total. The number of nitrogens with zero attached hydrogens (tertiary/aromatic N) is 3. The zero-order valence-corrected chi connectivity index (χ0v) is 14.9. The summed E-state index contributed by atoms with van der Waals surface area (Å²) < 4.78 is 20.1. The molecule has 2 aromatic carbocycles. The maximum absolute atomic E-state index is 13.0. The highest BCUT2D eigenvalue weighted by Crippen LogP contribution is 2.29. The van der Waals surface area contributed by atoms with Gasteiger partial charge < -0.3 is 4.74 Å². The first-order valence-corrected chi connectivity index (χ1v) is 8.91. The Morgan fingerprint density at radius 1 is 1.00 bits per heavy atom. The van der Waals surface area contributed by atoms with Crippen molar-refractivity contribution in [3.8, 4) is 5.75 Å². The van der Waals surface area contributed by atoms with E-state index in [1.54, 1.807) is 31.0 Å². The first-order valence-electron chi connectivity index (χ1n) is 8.09. The van der Waals surface area contributed by atoms with Crippen molar-refractivity contribution in [2.75, 3.05) is 7.11 Å². The summed E-state index contributed by atoms with van der Waals surface area (Å²) in [5.41, 5.74) is 1.96. The summed E-state index contributed by atoms with van der Waals surface area (Å²) in [4.78, 5) is 6.53. The molecule has 4 rings (SSSR count). The molecule has 0 spiro atoms. The van der Waals surface area contributed by atoms with Crippen LogP contribution in [0, 0.1) is 5.82 Å². The summed E-state index contributed by atoms with van der Waals surface area (Å²) in [5.74, 6) is 0.599. The molecular weight excluding hydrogens is 349 g/mol. The molecule has 0 amide bonds. The number of aromatic nitrogens is 3. The quantitative estimate of drug-likeness (QED) is 0.510. The van der Waals surface area contributed by atoms with Gasteiger partial charge in [0.05, 0.1) is 19.9 Å². The van der Waals surface area contributed by atoms with Gasteiger partial charge in [0.1, 0.15) is 11.6 Å². The predicted octanol–water partition coefficient (Wildman–Crippen LogP) is 4.78. The molecule has 0 aliphatic carbocycles. The largest absolute Gasteiger partial charge is 0.497 e. The van der Waals surface area contributed by atoms with Crippen LogP contribution in [0.25, 0.3) is 11.0 Å². The van der Waals surface area contributed by atoms with E-state index in [2.05, 4.69) is 10.1 Å². The van der Waals surface area contributed by atoms with Gasteiger partial charge >= 0.3 is 0 Å². The Morgan fingerprint density at radius 2 is 1.77 bits per heavy atom. The smallest absolute Gasteiger partial charge is 0.158 e. The van der Waals surface area contributed by atoms with Crippen LogP contribution in [-0.4, -0.2) is 21.9 Å². The van der Waals surface area contributed by atoms with Gasteiger partial charge in [-0.05, 0) is 48.0 Å². The number of benzene rings is 2. The maximum atomic E-state index is 13.0. The molecular formula is C20H16FN3OS. The summed E-state index contributed by atoms with van der Waals surface area (Å²) in [6, 6.07) is 16.4. The summed E-state index contributed by atoms with van der Waals surface area (Å²) in [6.45, 7) is 0.644. The minimum Gasteiger partial charge on any atom is -0.497 e. The number of hydrogen-bond donors (Lipinski definition) is 0. The van der Waals surface area contributed by atoms with Gasteiger partial charge in [0.25, 0.3) is 0 Å². The number of methoxy groups -OCH3 is 1. The van der Waals surface area contributed by atoms with E-state index >= 15 is 0 Å². The third-order valence-electron chi connectivity index (χ3n) is 3.99. The number of fused-ring (bicyclic) bond motifs is 1. The highest BCUT2D eigenvalue weighted by molar-refractivity contribution is 7.99. The molecule has 4 aromatic rings. The number of pyridine rings is 1. The monoisotopic (exact) mass is 365 g/mol. The minimum absolute atomic E-state index is 0.234. The Labute approximate surface area is 154 Å². The average molecular weight is 365 g/mol. The van der Waals surface area contributed by atoms with Crippen LogP contribution >= 0.6 is 11.8 Å². The maximum Gasteiger partial charge on any atom is 0.158 e. The number of rotatable bonds is 5. The summed E-state index contributed by atoms with van der Waals surface area (Å²) in [6.07, 6.45) is 3.64. The molecule has 26 heavy (non-hydrogen) atoms. The van der Waals surface area contributed by atoms with Crippen LogP contribution in [-0.2, 0) is 6.54 Å². The Balaban J connectivity index is 1.55. The van der Waals surface area contributed by atoms with Gasteiger partial charge in [0.2, 0.25) is 0 Å². The third kappa shape index (κ3) is 3.55. The Hall–Kier alpha value is -2.86. The second kappa shape index (κ2) is 7.17. The standard InChI is InChI=1S/C20H16FN3OS/c1-25-17-6-2-14(3-7-17)13-24-20-15(11-23-24)10-19(12-22-20)26-18-8-4-16(21)5-9-18/h2-12H,13H2,1H3. The Kier molecular flexibility index (Phi) is 4.58. The van der Waals surface area contributed by atoms with Gasteiger partial charge in [0.15, 0.2) is 5.65 Å². The molecule has 6 heteroatoms. The molecule has 0 fully saturated rings. The molecule has 0 saturated carbocycles. The molecule has 0 aliphatic rings. The number of halogens is 1. The normalized spacial score (nSPS) is 11.0. The van der Waals surface area contributed by atoms with Crippen LogP contribution in [0.2, 0.25) is 0 Å². The Morgan fingerprint density at radius 3 is 2.50 bits per heavy atom. The van der Waals surface area contributed by atoms with E-state index in [4.69, 9.17) is 4.74 Å². The molecule has 2 aromatic heterocycles. The highest BCUT2D eigenvalue weighted by atomic mass is 32.2. The lowest BCUT2D eigenvalue weighted by molar-refractivity contribution is 0.414.